The van der Waals surface area contributed by atoms with Crippen molar-refractivity contribution in [3.8, 4) is 5.75 Å². The van der Waals surface area contributed by atoms with Gasteiger partial charge in [-0.05, 0) is 60.1 Å². The molecule has 6 heteroatoms. The third-order valence-electron chi connectivity index (χ3n) is 6.24. The van der Waals surface area contributed by atoms with Crippen molar-refractivity contribution in [2.45, 2.75) is 19.4 Å². The molecular weight excluding hydrogens is 400 g/mol. The van der Waals surface area contributed by atoms with Crippen molar-refractivity contribution in [1.29, 1.82) is 0 Å². The van der Waals surface area contributed by atoms with Crippen LogP contribution in [-0.2, 0) is 16.2 Å². The Labute approximate surface area is 180 Å². The maximum absolute atomic E-state index is 12.8. The van der Waals surface area contributed by atoms with Crippen LogP contribution in [0.25, 0.3) is 0 Å². The minimum atomic E-state index is -0.243. The lowest BCUT2D eigenvalue weighted by Gasteiger charge is -2.37. The van der Waals surface area contributed by atoms with Gasteiger partial charge < -0.3 is 4.74 Å². The van der Waals surface area contributed by atoms with Crippen LogP contribution in [0.2, 0.25) is 5.02 Å². The number of nitrogens with zero attached hydrogens (tertiary/aromatic N) is 2. The summed E-state index contributed by atoms with van der Waals surface area (Å²) in [6, 6.07) is 14.9. The molecule has 1 saturated heterocycles. The summed E-state index contributed by atoms with van der Waals surface area (Å²) in [6.45, 7) is 0.417. The number of carbonyl (C=O) groups is 2. The van der Waals surface area contributed by atoms with E-state index in [0.717, 1.165) is 29.0 Å². The van der Waals surface area contributed by atoms with Crippen molar-refractivity contribution < 1.29 is 14.3 Å². The van der Waals surface area contributed by atoms with Crippen molar-refractivity contribution in [3.63, 3.8) is 0 Å². The molecular formula is C24H21ClN2O3. The highest BCUT2D eigenvalue weighted by Crippen LogP contribution is 2.49. The number of hydrazone groups is 1. The average molecular weight is 421 g/mol. The molecule has 152 valence electrons. The first-order valence-electron chi connectivity index (χ1n) is 10.2. The van der Waals surface area contributed by atoms with Gasteiger partial charge in [0.2, 0.25) is 0 Å². The molecule has 4 atom stereocenters. The van der Waals surface area contributed by atoms with Gasteiger partial charge in [0, 0.05) is 5.02 Å². The Morgan fingerprint density at radius 1 is 1.00 bits per heavy atom. The first-order chi connectivity index (χ1) is 14.6. The first kappa shape index (κ1) is 19.1. The van der Waals surface area contributed by atoms with Crippen LogP contribution >= 0.6 is 11.6 Å². The fraction of sp³-hybridized carbons (Fsp3) is 0.292. The molecule has 0 radical (unpaired) electrons. The fourth-order valence-electron chi connectivity index (χ4n) is 4.73. The Morgan fingerprint density at radius 2 is 1.67 bits per heavy atom. The predicted molar refractivity (Wildman–Crippen MR) is 114 cm³/mol. The summed E-state index contributed by atoms with van der Waals surface area (Å²) in [5.74, 6) is 0.192. The largest absolute Gasteiger partial charge is 0.489 e. The molecule has 1 aliphatic heterocycles. The van der Waals surface area contributed by atoms with Gasteiger partial charge in [0.15, 0.2) is 0 Å². The van der Waals surface area contributed by atoms with Crippen LogP contribution in [0.3, 0.4) is 0 Å². The van der Waals surface area contributed by atoms with Gasteiger partial charge in [0.1, 0.15) is 12.4 Å². The minimum Gasteiger partial charge on any atom is -0.489 e. The van der Waals surface area contributed by atoms with E-state index in [2.05, 4.69) is 17.3 Å². The van der Waals surface area contributed by atoms with Crippen LogP contribution in [-0.4, -0.2) is 23.0 Å². The smallest absolute Gasteiger partial charge is 0.254 e. The van der Waals surface area contributed by atoms with Gasteiger partial charge in [0.25, 0.3) is 11.8 Å². The second-order valence-corrected chi connectivity index (χ2v) is 8.50. The van der Waals surface area contributed by atoms with Crippen molar-refractivity contribution in [2.24, 2.45) is 28.8 Å². The van der Waals surface area contributed by atoms with E-state index >= 15 is 0 Å². The second-order valence-electron chi connectivity index (χ2n) is 8.06. The number of carbonyl (C=O) groups excluding carboxylic acids is 2. The molecule has 6 rings (SSSR count). The van der Waals surface area contributed by atoms with E-state index in [0.29, 0.717) is 17.4 Å². The zero-order chi connectivity index (χ0) is 20.7. The van der Waals surface area contributed by atoms with Crippen molar-refractivity contribution in [2.75, 3.05) is 0 Å². The summed E-state index contributed by atoms with van der Waals surface area (Å²) in [6.07, 6.45) is 7.72. The monoisotopic (exact) mass is 420 g/mol. The van der Waals surface area contributed by atoms with Gasteiger partial charge in [-0.3, -0.25) is 9.59 Å². The second kappa shape index (κ2) is 7.73. The highest BCUT2D eigenvalue weighted by Gasteiger charge is 2.56. The van der Waals surface area contributed by atoms with E-state index in [-0.39, 0.29) is 35.5 Å². The minimum absolute atomic E-state index is 0.168. The number of hydrogen-bond acceptors (Lipinski definition) is 4. The molecule has 2 fully saturated rings. The van der Waals surface area contributed by atoms with Crippen LogP contribution in [0.4, 0.5) is 0 Å². The summed E-state index contributed by atoms with van der Waals surface area (Å²) in [7, 11) is 0. The number of ether oxygens (including phenoxy) is 1. The molecule has 4 aliphatic rings. The van der Waals surface area contributed by atoms with E-state index in [9.17, 15) is 9.59 Å². The quantitative estimate of drug-likeness (QED) is 0.408. The van der Waals surface area contributed by atoms with Gasteiger partial charge in [-0.2, -0.15) is 10.1 Å². The van der Waals surface area contributed by atoms with E-state index in [1.165, 1.54) is 0 Å². The molecule has 1 saturated carbocycles. The molecule has 0 aromatic heterocycles. The molecule has 0 spiro atoms. The number of rotatable bonds is 5. The number of benzene rings is 2. The Hall–Kier alpha value is -2.92. The molecule has 30 heavy (non-hydrogen) atoms. The first-order valence-corrected chi connectivity index (χ1v) is 10.6. The van der Waals surface area contributed by atoms with E-state index in [1.807, 2.05) is 48.5 Å². The molecule has 2 bridgehead atoms. The highest BCUT2D eigenvalue weighted by molar-refractivity contribution is 6.30. The van der Waals surface area contributed by atoms with Crippen LogP contribution in [0.5, 0.6) is 5.75 Å². The molecule has 1 heterocycles. The predicted octanol–water partition coefficient (Wildman–Crippen LogP) is 4.45. The highest BCUT2D eigenvalue weighted by atomic mass is 35.5. The average Bonchev–Trinajstić information content (AvgIpc) is 3.05. The van der Waals surface area contributed by atoms with Gasteiger partial charge >= 0.3 is 0 Å². The van der Waals surface area contributed by atoms with E-state index in [4.69, 9.17) is 16.3 Å². The lowest BCUT2D eigenvalue weighted by molar-refractivity contribution is -0.140. The zero-order valence-corrected chi connectivity index (χ0v) is 17.0. The molecule has 5 nitrogen and oxygen atoms in total. The Kier molecular flexibility index (Phi) is 4.91. The topological polar surface area (TPSA) is 59.0 Å². The Morgan fingerprint density at radius 3 is 2.30 bits per heavy atom. The fourth-order valence-corrected chi connectivity index (χ4v) is 4.85. The number of imide groups is 1. The number of hydrogen-bond donors (Lipinski definition) is 0. The zero-order valence-electron chi connectivity index (χ0n) is 16.3. The summed E-state index contributed by atoms with van der Waals surface area (Å²) in [5.41, 5.74) is 1.78. The third-order valence-corrected chi connectivity index (χ3v) is 6.49. The van der Waals surface area contributed by atoms with Crippen molar-refractivity contribution in [3.05, 3.63) is 76.8 Å². The lowest BCUT2D eigenvalue weighted by Crippen LogP contribution is -2.38. The van der Waals surface area contributed by atoms with E-state index < -0.39 is 0 Å². The number of halogens is 1. The molecule has 2 aromatic carbocycles. The number of fused-ring (bicyclic) bond motifs is 1. The Balaban J connectivity index is 1.28. The molecule has 2 amide bonds. The van der Waals surface area contributed by atoms with Gasteiger partial charge in [0.05, 0.1) is 18.1 Å². The summed E-state index contributed by atoms with van der Waals surface area (Å²) >= 11 is 5.91. The van der Waals surface area contributed by atoms with Gasteiger partial charge in [-0.15, -0.1) is 0 Å². The van der Waals surface area contributed by atoms with Crippen LogP contribution in [0.1, 0.15) is 24.0 Å². The summed E-state index contributed by atoms with van der Waals surface area (Å²) < 4.78 is 5.84. The lowest BCUT2D eigenvalue weighted by atomic mass is 9.63. The SMILES string of the molecule is O=C1C2C3C=CC(CC3)C2C(=O)N1/N=C/c1cccc(OCc2ccc(Cl)cc2)c1. The molecule has 0 N–H and O–H groups in total. The summed E-state index contributed by atoms with van der Waals surface area (Å²) in [5, 5.41) is 6.02. The molecule has 4 unspecified atom stereocenters. The van der Waals surface area contributed by atoms with Gasteiger partial charge in [-0.1, -0.05) is 48.0 Å². The standard InChI is InChI=1S/C24H21ClN2O3/c25-19-10-4-15(5-11-19)14-30-20-3-1-2-16(12-20)13-26-27-23(28)21-17-6-7-18(9-8-17)22(21)24(27)29/h1-7,10-13,17-18,21-22H,8-9,14H2/b26-13+. The van der Waals surface area contributed by atoms with Crippen molar-refractivity contribution in [1.82, 2.24) is 5.01 Å². The number of allylic oxidation sites excluding steroid dienone is 2. The van der Waals surface area contributed by atoms with Crippen molar-refractivity contribution >= 4 is 29.6 Å². The maximum atomic E-state index is 12.8. The maximum Gasteiger partial charge on any atom is 0.254 e. The van der Waals surface area contributed by atoms with E-state index in [1.54, 1.807) is 6.21 Å². The van der Waals surface area contributed by atoms with Crippen LogP contribution in [0, 0.1) is 23.7 Å². The third kappa shape index (κ3) is 3.43. The Bertz CT molecular complexity index is 1010. The van der Waals surface area contributed by atoms with Crippen LogP contribution in [0.15, 0.2) is 65.8 Å². The summed E-state index contributed by atoms with van der Waals surface area (Å²) in [4.78, 5) is 25.7. The number of amides is 2. The van der Waals surface area contributed by atoms with Gasteiger partial charge in [-0.25, -0.2) is 0 Å². The molecule has 3 aliphatic carbocycles. The van der Waals surface area contributed by atoms with Crippen LogP contribution < -0.4 is 4.74 Å². The normalized spacial score (nSPS) is 27.2. The molecule has 2 aromatic rings.